The topological polar surface area (TPSA) is 96.1 Å². The first-order chi connectivity index (χ1) is 15.7. The van der Waals surface area contributed by atoms with Gasteiger partial charge in [0.25, 0.3) is 5.91 Å². The Labute approximate surface area is 185 Å². The van der Waals surface area contributed by atoms with Gasteiger partial charge in [-0.3, -0.25) is 14.0 Å². The van der Waals surface area contributed by atoms with E-state index in [1.54, 1.807) is 28.8 Å². The van der Waals surface area contributed by atoms with E-state index in [0.29, 0.717) is 16.9 Å². The fourth-order valence-corrected chi connectivity index (χ4v) is 3.39. The number of benzene rings is 2. The summed E-state index contributed by atoms with van der Waals surface area (Å²) in [5.41, 5.74) is 3.39. The average Bonchev–Trinajstić information content (AvgIpc) is 3.41. The third-order valence-corrected chi connectivity index (χ3v) is 4.89. The molecule has 1 N–H and O–H groups in total. The number of alkyl halides is 3. The summed E-state index contributed by atoms with van der Waals surface area (Å²) in [5, 5.41) is 9.87. The van der Waals surface area contributed by atoms with Crippen molar-refractivity contribution in [1.82, 2.24) is 29.9 Å². The van der Waals surface area contributed by atoms with Gasteiger partial charge in [-0.25, -0.2) is 4.98 Å². The van der Waals surface area contributed by atoms with E-state index in [9.17, 15) is 18.0 Å². The number of carbonyl (C=O) groups is 1. The normalized spacial score (nSPS) is 11.6. The van der Waals surface area contributed by atoms with E-state index in [1.807, 2.05) is 23.5 Å². The second-order valence-electron chi connectivity index (χ2n) is 7.12. The molecule has 4 rings (SSSR count). The lowest BCUT2D eigenvalue weighted by molar-refractivity contribution is -0.123. The molecule has 0 unspecified atom stereocenters. The number of hydrogen-bond donors (Lipinski definition) is 1. The summed E-state index contributed by atoms with van der Waals surface area (Å²) >= 11 is 0. The van der Waals surface area contributed by atoms with Crippen LogP contribution in [0, 0.1) is 0 Å². The van der Waals surface area contributed by atoms with E-state index >= 15 is 0 Å². The minimum atomic E-state index is -4.55. The molecule has 9 nitrogen and oxygen atoms in total. The number of aryl methyl sites for hydroxylation is 1. The zero-order chi connectivity index (χ0) is 23.8. The highest BCUT2D eigenvalue weighted by Gasteiger charge is 2.30. The van der Waals surface area contributed by atoms with Crippen LogP contribution >= 0.6 is 0 Å². The molecule has 172 valence electrons. The predicted molar refractivity (Wildman–Crippen MR) is 113 cm³/mol. The molecule has 0 aliphatic heterocycles. The van der Waals surface area contributed by atoms with Crippen LogP contribution in [-0.2, 0) is 7.05 Å². The maximum atomic E-state index is 12.5. The van der Waals surface area contributed by atoms with Gasteiger partial charge in [0.1, 0.15) is 35.6 Å². The zero-order valence-electron chi connectivity index (χ0n) is 17.8. The van der Waals surface area contributed by atoms with Gasteiger partial charge < -0.3 is 14.8 Å². The standard InChI is InChI=1S/C21H19F3N6O3/c1-29-9-15(27-28-29)12-4-5-16-14(6-12)26-11-30(16)13-7-17(32-2)19(18(8-13)33-3)20(31)25-10-21(22,23)24/h4-9,11H,10H2,1-3H3,(H,25,31). The van der Waals surface area contributed by atoms with Gasteiger partial charge >= 0.3 is 6.18 Å². The minimum absolute atomic E-state index is 0.0575. The molecule has 0 aliphatic carbocycles. The highest BCUT2D eigenvalue weighted by molar-refractivity contribution is 6.00. The molecule has 0 fully saturated rings. The first-order valence-electron chi connectivity index (χ1n) is 9.65. The van der Waals surface area contributed by atoms with Crippen molar-refractivity contribution in [3.63, 3.8) is 0 Å². The molecular weight excluding hydrogens is 441 g/mol. The van der Waals surface area contributed by atoms with Crippen LogP contribution in [0.25, 0.3) is 28.0 Å². The molecule has 2 heterocycles. The Kier molecular flexibility index (Phi) is 5.66. The van der Waals surface area contributed by atoms with Gasteiger partial charge in [-0.15, -0.1) is 5.10 Å². The highest BCUT2D eigenvalue weighted by atomic mass is 19.4. The van der Waals surface area contributed by atoms with Crippen molar-refractivity contribution >= 4 is 16.9 Å². The molecule has 12 heteroatoms. The molecule has 4 aromatic rings. The maximum Gasteiger partial charge on any atom is 0.405 e. The predicted octanol–water partition coefficient (Wildman–Crippen LogP) is 3.13. The molecule has 33 heavy (non-hydrogen) atoms. The van der Waals surface area contributed by atoms with Crippen LogP contribution in [0.1, 0.15) is 10.4 Å². The van der Waals surface area contributed by atoms with E-state index in [1.165, 1.54) is 26.4 Å². The van der Waals surface area contributed by atoms with Gasteiger partial charge in [-0.05, 0) is 12.1 Å². The molecule has 0 bridgehead atoms. The van der Waals surface area contributed by atoms with Crippen molar-refractivity contribution in [2.75, 3.05) is 20.8 Å². The third-order valence-electron chi connectivity index (χ3n) is 4.89. The van der Waals surface area contributed by atoms with Crippen molar-refractivity contribution < 1.29 is 27.4 Å². The van der Waals surface area contributed by atoms with Crippen molar-refractivity contribution in [2.45, 2.75) is 6.18 Å². The summed E-state index contributed by atoms with van der Waals surface area (Å²) in [6.45, 7) is -1.47. The zero-order valence-corrected chi connectivity index (χ0v) is 17.8. The van der Waals surface area contributed by atoms with Gasteiger partial charge in [0, 0.05) is 24.7 Å². The smallest absolute Gasteiger partial charge is 0.405 e. The summed E-state index contributed by atoms with van der Waals surface area (Å²) in [6, 6.07) is 8.65. The molecular formula is C21H19F3N6O3. The molecule has 2 aromatic heterocycles. The minimum Gasteiger partial charge on any atom is -0.496 e. The lowest BCUT2D eigenvalue weighted by atomic mass is 10.1. The first kappa shape index (κ1) is 22.1. The quantitative estimate of drug-likeness (QED) is 0.475. The Balaban J connectivity index is 1.74. The van der Waals surface area contributed by atoms with Crippen molar-refractivity contribution in [1.29, 1.82) is 0 Å². The molecule has 0 radical (unpaired) electrons. The van der Waals surface area contributed by atoms with E-state index in [-0.39, 0.29) is 17.1 Å². The van der Waals surface area contributed by atoms with Crippen LogP contribution in [0.15, 0.2) is 42.9 Å². The van der Waals surface area contributed by atoms with E-state index in [2.05, 4.69) is 15.3 Å². The molecule has 0 aliphatic rings. The summed E-state index contributed by atoms with van der Waals surface area (Å²) in [4.78, 5) is 16.9. The van der Waals surface area contributed by atoms with Crippen molar-refractivity contribution in [2.24, 2.45) is 7.05 Å². The lowest BCUT2D eigenvalue weighted by Gasteiger charge is -2.16. The van der Waals surface area contributed by atoms with Crippen LogP contribution in [0.2, 0.25) is 0 Å². The second-order valence-corrected chi connectivity index (χ2v) is 7.12. The fourth-order valence-electron chi connectivity index (χ4n) is 3.39. The molecule has 1 amide bonds. The number of nitrogens with zero attached hydrogens (tertiary/aromatic N) is 5. The van der Waals surface area contributed by atoms with Crippen LogP contribution in [0.5, 0.6) is 11.5 Å². The number of carbonyl (C=O) groups excluding carboxylic acids is 1. The Morgan fingerprint density at radius 1 is 1.12 bits per heavy atom. The van der Waals surface area contributed by atoms with E-state index in [0.717, 1.165) is 11.1 Å². The molecule has 0 saturated carbocycles. The molecule has 0 spiro atoms. The largest absolute Gasteiger partial charge is 0.496 e. The average molecular weight is 460 g/mol. The van der Waals surface area contributed by atoms with Gasteiger partial charge in [0.15, 0.2) is 0 Å². The number of halogens is 3. The van der Waals surface area contributed by atoms with Gasteiger partial charge in [-0.2, -0.15) is 13.2 Å². The van der Waals surface area contributed by atoms with Crippen LogP contribution in [0.4, 0.5) is 13.2 Å². The van der Waals surface area contributed by atoms with E-state index in [4.69, 9.17) is 9.47 Å². The highest BCUT2D eigenvalue weighted by Crippen LogP contribution is 2.34. The van der Waals surface area contributed by atoms with Crippen molar-refractivity contribution in [3.05, 3.63) is 48.4 Å². The van der Waals surface area contributed by atoms with Gasteiger partial charge in [-0.1, -0.05) is 11.3 Å². The number of nitrogens with one attached hydrogen (secondary N) is 1. The molecule has 2 aromatic carbocycles. The van der Waals surface area contributed by atoms with Gasteiger partial charge in [0.05, 0.1) is 37.1 Å². The van der Waals surface area contributed by atoms with E-state index < -0.39 is 18.6 Å². The number of ether oxygens (including phenoxy) is 2. The van der Waals surface area contributed by atoms with Crippen molar-refractivity contribution in [3.8, 4) is 28.4 Å². The number of hydrogen-bond acceptors (Lipinski definition) is 6. The summed E-state index contributed by atoms with van der Waals surface area (Å²) < 4.78 is 51.6. The number of methoxy groups -OCH3 is 2. The fraction of sp³-hybridized carbons (Fsp3) is 0.238. The number of imidazole rings is 1. The summed E-state index contributed by atoms with van der Waals surface area (Å²) in [5.74, 6) is -0.846. The Bertz CT molecular complexity index is 1300. The van der Waals surface area contributed by atoms with Gasteiger partial charge in [0.2, 0.25) is 0 Å². The lowest BCUT2D eigenvalue weighted by Crippen LogP contribution is -2.34. The number of fused-ring (bicyclic) bond motifs is 1. The number of rotatable bonds is 6. The third kappa shape index (κ3) is 4.45. The second kappa shape index (κ2) is 8.45. The molecule has 0 atom stereocenters. The summed E-state index contributed by atoms with van der Waals surface area (Å²) in [6.07, 6.45) is -1.17. The SMILES string of the molecule is COc1cc(-n2cnc3cc(-c4cn(C)nn4)ccc32)cc(OC)c1C(=O)NCC(F)(F)F. The van der Waals surface area contributed by atoms with Crippen LogP contribution < -0.4 is 14.8 Å². The summed E-state index contributed by atoms with van der Waals surface area (Å²) in [7, 11) is 4.41. The Hall–Kier alpha value is -4.09. The monoisotopic (exact) mass is 460 g/mol. The molecule has 0 saturated heterocycles. The number of amides is 1. The number of aromatic nitrogens is 5. The first-order valence-corrected chi connectivity index (χ1v) is 9.65. The Morgan fingerprint density at radius 3 is 2.39 bits per heavy atom. The Morgan fingerprint density at radius 2 is 1.82 bits per heavy atom. The van der Waals surface area contributed by atoms with Crippen LogP contribution in [-0.4, -0.2) is 57.4 Å². The van der Waals surface area contributed by atoms with Crippen LogP contribution in [0.3, 0.4) is 0 Å². The maximum absolute atomic E-state index is 12.5.